The molecular weight excluding hydrogens is 126 g/mol. The van der Waals surface area contributed by atoms with Crippen molar-refractivity contribution in [1.29, 1.82) is 0 Å². The number of hydrogen-bond acceptors (Lipinski definition) is 2. The molecule has 0 bridgehead atoms. The number of aliphatic hydroxyl groups is 1. The Morgan fingerprint density at radius 1 is 1.70 bits per heavy atom. The molecule has 2 nitrogen and oxygen atoms in total. The predicted molar refractivity (Wildman–Crippen MR) is 41.9 cm³/mol. The summed E-state index contributed by atoms with van der Waals surface area (Å²) in [4.78, 5) is 0. The Bertz CT molecular complexity index is 91.3. The Kier molecular flexibility index (Phi) is 3.16. The van der Waals surface area contributed by atoms with Crippen LogP contribution in [0, 0.1) is 5.92 Å². The highest BCUT2D eigenvalue weighted by Gasteiger charge is 2.21. The highest BCUT2D eigenvalue weighted by Crippen LogP contribution is 2.17. The van der Waals surface area contributed by atoms with Crippen molar-refractivity contribution in [3.63, 3.8) is 0 Å². The van der Waals surface area contributed by atoms with Crippen molar-refractivity contribution < 1.29 is 5.11 Å². The zero-order valence-corrected chi connectivity index (χ0v) is 6.64. The molecule has 60 valence electrons. The summed E-state index contributed by atoms with van der Waals surface area (Å²) in [6.45, 7) is 3.79. The first kappa shape index (κ1) is 8.02. The number of nitrogens with one attached hydrogen (secondary N) is 1. The number of aliphatic hydroxyl groups excluding tert-OH is 1. The lowest BCUT2D eigenvalue weighted by molar-refractivity contribution is 0.229. The van der Waals surface area contributed by atoms with E-state index in [1.807, 2.05) is 0 Å². The molecule has 1 rings (SSSR count). The molecule has 0 aliphatic carbocycles. The minimum atomic E-state index is 0.344. The molecule has 2 heteroatoms. The van der Waals surface area contributed by atoms with Gasteiger partial charge in [-0.15, -0.1) is 0 Å². The van der Waals surface area contributed by atoms with Crippen LogP contribution in [0.15, 0.2) is 0 Å². The van der Waals surface area contributed by atoms with Crippen molar-refractivity contribution >= 4 is 0 Å². The van der Waals surface area contributed by atoms with E-state index in [9.17, 15) is 0 Å². The molecule has 0 aromatic rings. The Labute approximate surface area is 62.6 Å². The molecule has 1 saturated heterocycles. The third kappa shape index (κ3) is 1.96. The monoisotopic (exact) mass is 143 g/mol. The second kappa shape index (κ2) is 3.94. The number of rotatable bonds is 4. The Morgan fingerprint density at radius 2 is 2.40 bits per heavy atom. The lowest BCUT2D eigenvalue weighted by Crippen LogP contribution is -2.47. The quantitative estimate of drug-likeness (QED) is 0.609. The first-order valence-corrected chi connectivity index (χ1v) is 4.19. The maximum atomic E-state index is 8.57. The summed E-state index contributed by atoms with van der Waals surface area (Å²) in [5, 5.41) is 11.9. The van der Waals surface area contributed by atoms with Crippen LogP contribution in [0.3, 0.4) is 0 Å². The number of hydrogen-bond donors (Lipinski definition) is 2. The van der Waals surface area contributed by atoms with Gasteiger partial charge in [0, 0.05) is 12.6 Å². The first-order valence-electron chi connectivity index (χ1n) is 4.19. The lowest BCUT2D eigenvalue weighted by Gasteiger charge is -2.33. The van der Waals surface area contributed by atoms with E-state index in [0.717, 1.165) is 24.8 Å². The molecule has 0 spiro atoms. The summed E-state index contributed by atoms with van der Waals surface area (Å²) in [7, 11) is 0. The molecule has 2 N–H and O–H groups in total. The third-order valence-electron chi connectivity index (χ3n) is 2.37. The van der Waals surface area contributed by atoms with Crippen molar-refractivity contribution in [2.45, 2.75) is 32.2 Å². The van der Waals surface area contributed by atoms with Crippen LogP contribution in [0.1, 0.15) is 26.2 Å². The van der Waals surface area contributed by atoms with Gasteiger partial charge in [-0.2, -0.15) is 0 Å². The van der Waals surface area contributed by atoms with E-state index in [-0.39, 0.29) is 0 Å². The molecule has 1 aliphatic heterocycles. The molecule has 0 aromatic heterocycles. The second-order valence-corrected chi connectivity index (χ2v) is 3.19. The van der Waals surface area contributed by atoms with Gasteiger partial charge in [0.15, 0.2) is 0 Å². The molecule has 10 heavy (non-hydrogen) atoms. The van der Waals surface area contributed by atoms with Crippen LogP contribution < -0.4 is 5.32 Å². The van der Waals surface area contributed by atoms with Gasteiger partial charge >= 0.3 is 0 Å². The van der Waals surface area contributed by atoms with Gasteiger partial charge in [0.25, 0.3) is 0 Å². The molecular formula is C8H17NO. The summed E-state index contributed by atoms with van der Waals surface area (Å²) in [6.07, 6.45) is 3.44. The predicted octanol–water partition coefficient (Wildman–Crippen LogP) is 0.757. The van der Waals surface area contributed by atoms with E-state index in [1.165, 1.54) is 13.0 Å². The van der Waals surface area contributed by atoms with Gasteiger partial charge in [0.2, 0.25) is 0 Å². The molecule has 2 atom stereocenters. The van der Waals surface area contributed by atoms with Gasteiger partial charge in [-0.1, -0.05) is 6.92 Å². The molecule has 0 radical (unpaired) electrons. The molecule has 1 aliphatic rings. The summed E-state index contributed by atoms with van der Waals surface area (Å²) >= 11 is 0. The van der Waals surface area contributed by atoms with Gasteiger partial charge in [0.05, 0.1) is 0 Å². The summed E-state index contributed by atoms with van der Waals surface area (Å²) in [6, 6.07) is 0.742. The summed E-state index contributed by atoms with van der Waals surface area (Å²) in [5.74, 6) is 0.751. The van der Waals surface area contributed by atoms with Gasteiger partial charge in [0.1, 0.15) is 0 Å². The summed E-state index contributed by atoms with van der Waals surface area (Å²) in [5.41, 5.74) is 0. The van der Waals surface area contributed by atoms with E-state index in [4.69, 9.17) is 5.11 Å². The lowest BCUT2D eigenvalue weighted by atomic mass is 9.90. The van der Waals surface area contributed by atoms with Gasteiger partial charge < -0.3 is 10.4 Å². The highest BCUT2D eigenvalue weighted by atomic mass is 16.2. The van der Waals surface area contributed by atoms with Crippen molar-refractivity contribution in [3.05, 3.63) is 0 Å². The molecule has 2 unspecified atom stereocenters. The highest BCUT2D eigenvalue weighted by molar-refractivity contribution is 4.81. The van der Waals surface area contributed by atoms with Gasteiger partial charge in [-0.05, 0) is 31.7 Å². The Hall–Kier alpha value is -0.0800. The zero-order chi connectivity index (χ0) is 7.40. The van der Waals surface area contributed by atoms with Crippen LogP contribution in [-0.4, -0.2) is 24.3 Å². The normalized spacial score (nSPS) is 27.6. The van der Waals surface area contributed by atoms with E-state index >= 15 is 0 Å². The Morgan fingerprint density at radius 3 is 2.80 bits per heavy atom. The maximum absolute atomic E-state index is 8.57. The zero-order valence-electron chi connectivity index (χ0n) is 6.64. The molecule has 0 amide bonds. The van der Waals surface area contributed by atoms with Crippen molar-refractivity contribution in [2.24, 2.45) is 5.92 Å². The summed E-state index contributed by atoms with van der Waals surface area (Å²) < 4.78 is 0. The second-order valence-electron chi connectivity index (χ2n) is 3.19. The third-order valence-corrected chi connectivity index (χ3v) is 2.37. The van der Waals surface area contributed by atoms with Crippen molar-refractivity contribution in [2.75, 3.05) is 13.2 Å². The van der Waals surface area contributed by atoms with Gasteiger partial charge in [-0.3, -0.25) is 0 Å². The van der Waals surface area contributed by atoms with Crippen molar-refractivity contribution in [3.8, 4) is 0 Å². The van der Waals surface area contributed by atoms with Crippen molar-refractivity contribution in [1.82, 2.24) is 5.32 Å². The average molecular weight is 143 g/mol. The van der Waals surface area contributed by atoms with E-state index in [1.54, 1.807) is 0 Å². The SMILES string of the molecule is CC(CCCO)C1CCN1. The topological polar surface area (TPSA) is 32.3 Å². The van der Waals surface area contributed by atoms with E-state index < -0.39 is 0 Å². The molecule has 1 heterocycles. The standard InChI is InChI=1S/C8H17NO/c1-7(3-2-6-10)8-4-5-9-8/h7-10H,2-6H2,1H3. The average Bonchev–Trinajstić information content (AvgIpc) is 1.79. The van der Waals surface area contributed by atoms with E-state index in [2.05, 4.69) is 12.2 Å². The van der Waals surface area contributed by atoms with Crippen LogP contribution in [0.5, 0.6) is 0 Å². The molecule has 0 aromatic carbocycles. The minimum Gasteiger partial charge on any atom is -0.396 e. The smallest absolute Gasteiger partial charge is 0.0431 e. The van der Waals surface area contributed by atoms with Crippen LogP contribution in [0.2, 0.25) is 0 Å². The van der Waals surface area contributed by atoms with Crippen LogP contribution in [0.25, 0.3) is 0 Å². The van der Waals surface area contributed by atoms with Crippen LogP contribution >= 0.6 is 0 Å². The van der Waals surface area contributed by atoms with Crippen LogP contribution in [-0.2, 0) is 0 Å². The molecule has 1 fully saturated rings. The van der Waals surface area contributed by atoms with Crippen LogP contribution in [0.4, 0.5) is 0 Å². The fraction of sp³-hybridized carbons (Fsp3) is 1.00. The largest absolute Gasteiger partial charge is 0.396 e. The minimum absolute atomic E-state index is 0.344. The van der Waals surface area contributed by atoms with Gasteiger partial charge in [-0.25, -0.2) is 0 Å². The molecule has 0 saturated carbocycles. The Balaban J connectivity index is 2.02. The van der Waals surface area contributed by atoms with E-state index in [0.29, 0.717) is 6.61 Å². The maximum Gasteiger partial charge on any atom is 0.0431 e. The fourth-order valence-corrected chi connectivity index (χ4v) is 1.41. The fourth-order valence-electron chi connectivity index (χ4n) is 1.41. The first-order chi connectivity index (χ1) is 4.84.